The van der Waals surface area contributed by atoms with E-state index in [1.54, 1.807) is 18.2 Å². The minimum atomic E-state index is -3.29. The van der Waals surface area contributed by atoms with E-state index in [1.165, 1.54) is 7.11 Å². The zero-order valence-corrected chi connectivity index (χ0v) is 14.2. The Morgan fingerprint density at radius 1 is 1.32 bits per heavy atom. The molecule has 0 aliphatic heterocycles. The second kappa shape index (κ2) is 7.47. The standard InChI is InChI=1S/C18H22F2N2O3/c1-24-13-7-8-14-15(11-13)22-17(23)16(21-14)18(19,20)9-4-10-25-12-5-2-3-6-12/h7-8,11-12H,2-6,9-10H2,1H3,(H,22,23). The number of hydrogen-bond acceptors (Lipinski definition) is 4. The average molecular weight is 352 g/mol. The quantitative estimate of drug-likeness (QED) is 0.771. The van der Waals surface area contributed by atoms with E-state index in [0.717, 1.165) is 25.7 Å². The van der Waals surface area contributed by atoms with Gasteiger partial charge in [-0.1, -0.05) is 12.8 Å². The van der Waals surface area contributed by atoms with Gasteiger partial charge in [0, 0.05) is 19.1 Å². The smallest absolute Gasteiger partial charge is 0.295 e. The summed E-state index contributed by atoms with van der Waals surface area (Å²) in [6, 6.07) is 4.72. The van der Waals surface area contributed by atoms with Gasteiger partial charge in [0.2, 0.25) is 0 Å². The van der Waals surface area contributed by atoms with Gasteiger partial charge < -0.3 is 14.5 Å². The van der Waals surface area contributed by atoms with Gasteiger partial charge in [0.1, 0.15) is 5.75 Å². The lowest BCUT2D eigenvalue weighted by molar-refractivity contribution is -0.0327. The molecule has 25 heavy (non-hydrogen) atoms. The van der Waals surface area contributed by atoms with Gasteiger partial charge in [-0.15, -0.1) is 0 Å². The summed E-state index contributed by atoms with van der Waals surface area (Å²) < 4.78 is 39.5. The summed E-state index contributed by atoms with van der Waals surface area (Å²) in [6.07, 6.45) is 4.22. The first-order chi connectivity index (χ1) is 12.0. The summed E-state index contributed by atoms with van der Waals surface area (Å²) in [6.45, 7) is 0.281. The third-order valence-corrected chi connectivity index (χ3v) is 4.54. The van der Waals surface area contributed by atoms with Crippen molar-refractivity contribution in [3.05, 3.63) is 34.2 Å². The first-order valence-corrected chi connectivity index (χ1v) is 8.57. The van der Waals surface area contributed by atoms with E-state index in [9.17, 15) is 13.6 Å². The highest BCUT2D eigenvalue weighted by atomic mass is 19.3. The maximum atomic E-state index is 14.4. The first-order valence-electron chi connectivity index (χ1n) is 8.57. The van der Waals surface area contributed by atoms with Gasteiger partial charge in [-0.05, 0) is 31.4 Å². The molecular formula is C18H22F2N2O3. The molecule has 2 aromatic rings. The van der Waals surface area contributed by atoms with Gasteiger partial charge in [-0.25, -0.2) is 4.98 Å². The molecule has 1 saturated carbocycles. The van der Waals surface area contributed by atoms with Crippen LogP contribution in [-0.4, -0.2) is 29.8 Å². The maximum absolute atomic E-state index is 14.4. The highest BCUT2D eigenvalue weighted by Gasteiger charge is 2.36. The second-order valence-electron chi connectivity index (χ2n) is 6.38. The van der Waals surface area contributed by atoms with E-state index in [4.69, 9.17) is 9.47 Å². The molecule has 1 aromatic heterocycles. The van der Waals surface area contributed by atoms with Gasteiger partial charge in [-0.2, -0.15) is 8.78 Å². The predicted molar refractivity (Wildman–Crippen MR) is 90.3 cm³/mol. The number of fused-ring (bicyclic) bond motifs is 1. The molecular weight excluding hydrogens is 330 g/mol. The largest absolute Gasteiger partial charge is 0.497 e. The number of hydrogen-bond donors (Lipinski definition) is 1. The summed E-state index contributed by atoms with van der Waals surface area (Å²) in [5, 5.41) is 0. The molecule has 3 rings (SSSR count). The van der Waals surface area contributed by atoms with Crippen LogP contribution in [-0.2, 0) is 10.7 Å². The number of benzene rings is 1. The molecule has 136 valence electrons. The minimum absolute atomic E-state index is 0.186. The number of ether oxygens (including phenoxy) is 2. The molecule has 1 N–H and O–H groups in total. The van der Waals surface area contributed by atoms with E-state index in [0.29, 0.717) is 16.8 Å². The number of rotatable bonds is 7. The minimum Gasteiger partial charge on any atom is -0.497 e. The molecule has 0 spiro atoms. The maximum Gasteiger partial charge on any atom is 0.295 e. The Bertz CT molecular complexity index is 785. The molecule has 0 saturated heterocycles. The topological polar surface area (TPSA) is 64.2 Å². The molecule has 0 atom stereocenters. The second-order valence-corrected chi connectivity index (χ2v) is 6.38. The summed E-state index contributed by atoms with van der Waals surface area (Å²) in [5.41, 5.74) is -0.945. The number of H-pyrrole nitrogens is 1. The van der Waals surface area contributed by atoms with Crippen molar-refractivity contribution in [2.45, 2.75) is 50.6 Å². The van der Waals surface area contributed by atoms with Crippen LogP contribution in [0.2, 0.25) is 0 Å². The molecule has 1 heterocycles. The van der Waals surface area contributed by atoms with Gasteiger partial charge in [0.25, 0.3) is 11.5 Å². The molecule has 0 unspecified atom stereocenters. The first kappa shape index (κ1) is 17.8. The van der Waals surface area contributed by atoms with Crippen LogP contribution in [0.5, 0.6) is 5.75 Å². The molecule has 0 radical (unpaired) electrons. The van der Waals surface area contributed by atoms with Gasteiger partial charge in [0.05, 0.1) is 24.2 Å². The molecule has 0 amide bonds. The van der Waals surface area contributed by atoms with Crippen LogP contribution >= 0.6 is 0 Å². The fraction of sp³-hybridized carbons (Fsp3) is 0.556. The average Bonchev–Trinajstić information content (AvgIpc) is 3.11. The summed E-state index contributed by atoms with van der Waals surface area (Å²) in [7, 11) is 1.49. The van der Waals surface area contributed by atoms with Crippen LogP contribution in [0.25, 0.3) is 11.0 Å². The summed E-state index contributed by atoms with van der Waals surface area (Å²) in [5.74, 6) is -2.77. The third kappa shape index (κ3) is 4.15. The Labute approximate surface area is 144 Å². The zero-order chi connectivity index (χ0) is 17.9. The van der Waals surface area contributed by atoms with E-state index in [-0.39, 0.29) is 19.1 Å². The number of nitrogens with zero attached hydrogens (tertiary/aromatic N) is 1. The SMILES string of the molecule is COc1ccc2nc(C(F)(F)CCCOC3CCCC3)c(=O)[nH]c2c1. The fourth-order valence-corrected chi connectivity index (χ4v) is 3.16. The monoisotopic (exact) mass is 352 g/mol. The van der Waals surface area contributed by atoms with Crippen LogP contribution in [0.4, 0.5) is 8.78 Å². The molecule has 1 aliphatic carbocycles. The van der Waals surface area contributed by atoms with E-state index >= 15 is 0 Å². The van der Waals surface area contributed by atoms with Crippen molar-refractivity contribution in [3.63, 3.8) is 0 Å². The molecule has 1 aromatic carbocycles. The van der Waals surface area contributed by atoms with Crippen LogP contribution < -0.4 is 10.3 Å². The Morgan fingerprint density at radius 2 is 2.08 bits per heavy atom. The van der Waals surface area contributed by atoms with Crippen molar-refractivity contribution in [2.75, 3.05) is 13.7 Å². The lowest BCUT2D eigenvalue weighted by Crippen LogP contribution is -2.27. The van der Waals surface area contributed by atoms with Gasteiger partial charge in [-0.3, -0.25) is 4.79 Å². The molecule has 7 heteroatoms. The van der Waals surface area contributed by atoms with Crippen molar-refractivity contribution in [1.82, 2.24) is 9.97 Å². The van der Waals surface area contributed by atoms with Crippen LogP contribution in [0, 0.1) is 0 Å². The number of alkyl halides is 2. The fourth-order valence-electron chi connectivity index (χ4n) is 3.16. The number of aromatic nitrogens is 2. The number of nitrogens with one attached hydrogen (secondary N) is 1. The number of methoxy groups -OCH3 is 1. The van der Waals surface area contributed by atoms with Crippen molar-refractivity contribution in [2.24, 2.45) is 0 Å². The van der Waals surface area contributed by atoms with Crippen LogP contribution in [0.1, 0.15) is 44.2 Å². The van der Waals surface area contributed by atoms with Crippen molar-refractivity contribution < 1.29 is 18.3 Å². The highest BCUT2D eigenvalue weighted by Crippen LogP contribution is 2.31. The molecule has 1 aliphatic rings. The lowest BCUT2D eigenvalue weighted by atomic mass is 10.1. The summed E-state index contributed by atoms with van der Waals surface area (Å²) >= 11 is 0. The van der Waals surface area contributed by atoms with Crippen molar-refractivity contribution in [3.8, 4) is 5.75 Å². The van der Waals surface area contributed by atoms with E-state index in [1.807, 2.05) is 0 Å². The van der Waals surface area contributed by atoms with Gasteiger partial charge in [0.15, 0.2) is 5.69 Å². The Hall–Kier alpha value is -2.02. The highest BCUT2D eigenvalue weighted by molar-refractivity contribution is 5.75. The van der Waals surface area contributed by atoms with Crippen molar-refractivity contribution in [1.29, 1.82) is 0 Å². The van der Waals surface area contributed by atoms with E-state index in [2.05, 4.69) is 9.97 Å². The third-order valence-electron chi connectivity index (χ3n) is 4.54. The molecule has 0 bridgehead atoms. The number of aromatic amines is 1. The lowest BCUT2D eigenvalue weighted by Gasteiger charge is -2.16. The Kier molecular flexibility index (Phi) is 5.32. The van der Waals surface area contributed by atoms with Crippen molar-refractivity contribution >= 4 is 11.0 Å². The molecule has 5 nitrogen and oxygen atoms in total. The predicted octanol–water partition coefficient (Wildman–Crippen LogP) is 3.76. The van der Waals surface area contributed by atoms with E-state index < -0.39 is 23.6 Å². The zero-order valence-electron chi connectivity index (χ0n) is 14.2. The number of halogens is 2. The molecule has 1 fully saturated rings. The Balaban J connectivity index is 1.69. The summed E-state index contributed by atoms with van der Waals surface area (Å²) in [4.78, 5) is 18.4. The van der Waals surface area contributed by atoms with Crippen LogP contribution in [0.3, 0.4) is 0 Å². The Morgan fingerprint density at radius 3 is 2.80 bits per heavy atom. The van der Waals surface area contributed by atoms with Crippen LogP contribution in [0.15, 0.2) is 23.0 Å². The normalized spacial score (nSPS) is 15.8. The van der Waals surface area contributed by atoms with Gasteiger partial charge >= 0.3 is 0 Å².